The third-order valence-corrected chi connectivity index (χ3v) is 6.11. The van der Waals surface area contributed by atoms with Crippen LogP contribution in [0.4, 0.5) is 0 Å². The van der Waals surface area contributed by atoms with Gasteiger partial charge in [-0.1, -0.05) is 44.2 Å². The third kappa shape index (κ3) is 5.47. The number of hydrogen-bond donors (Lipinski definition) is 1. The Balaban J connectivity index is 1.60. The molecule has 34 heavy (non-hydrogen) atoms. The van der Waals surface area contributed by atoms with Gasteiger partial charge in [0.05, 0.1) is 12.8 Å². The van der Waals surface area contributed by atoms with Crippen molar-refractivity contribution in [3.05, 3.63) is 93.8 Å². The summed E-state index contributed by atoms with van der Waals surface area (Å²) in [7, 11) is 0. The molecule has 0 spiro atoms. The van der Waals surface area contributed by atoms with Gasteiger partial charge in [0.1, 0.15) is 16.9 Å². The Morgan fingerprint density at radius 2 is 1.85 bits per heavy atom. The number of carbonyl (C=O) groups excluding carboxylic acids is 2. The number of hydrogen-bond acceptors (Lipinski definition) is 4. The first-order valence-corrected chi connectivity index (χ1v) is 11.8. The van der Waals surface area contributed by atoms with Crippen molar-refractivity contribution in [3.8, 4) is 0 Å². The molecule has 0 radical (unpaired) electrons. The highest BCUT2D eigenvalue weighted by Crippen LogP contribution is 2.27. The van der Waals surface area contributed by atoms with Crippen LogP contribution in [0.15, 0.2) is 70.3 Å². The van der Waals surface area contributed by atoms with Gasteiger partial charge in [0.2, 0.25) is 5.43 Å². The van der Waals surface area contributed by atoms with Gasteiger partial charge in [0.15, 0.2) is 0 Å². The van der Waals surface area contributed by atoms with Gasteiger partial charge in [0.25, 0.3) is 11.8 Å². The van der Waals surface area contributed by atoms with Gasteiger partial charge in [-0.25, -0.2) is 0 Å². The second-order valence-electron chi connectivity index (χ2n) is 9.27. The SMILES string of the molecule is CC(C)Cn1cc(C(=O)NCc2ccco2)c(=O)c(C(=O)N2CCC[C@H](c3ccccc3)C2)c1. The first-order valence-electron chi connectivity index (χ1n) is 11.8. The number of aromatic nitrogens is 1. The van der Waals surface area contributed by atoms with Crippen molar-refractivity contribution in [3.63, 3.8) is 0 Å². The minimum absolute atomic E-state index is 0.0327. The third-order valence-electron chi connectivity index (χ3n) is 6.11. The Morgan fingerprint density at radius 3 is 2.56 bits per heavy atom. The van der Waals surface area contributed by atoms with Crippen LogP contribution < -0.4 is 10.7 Å². The average Bonchev–Trinajstić information content (AvgIpc) is 3.37. The number of benzene rings is 1. The number of rotatable bonds is 7. The van der Waals surface area contributed by atoms with E-state index in [0.29, 0.717) is 25.4 Å². The molecule has 0 aliphatic carbocycles. The molecule has 0 bridgehead atoms. The molecular formula is C27H31N3O4. The zero-order chi connectivity index (χ0) is 24.1. The molecule has 1 N–H and O–H groups in total. The molecule has 2 aromatic heterocycles. The van der Waals surface area contributed by atoms with E-state index in [9.17, 15) is 14.4 Å². The molecule has 0 saturated carbocycles. The molecule has 178 valence electrons. The van der Waals surface area contributed by atoms with Crippen molar-refractivity contribution in [1.29, 1.82) is 0 Å². The Labute approximate surface area is 199 Å². The molecule has 1 aliphatic rings. The molecule has 1 aromatic carbocycles. The summed E-state index contributed by atoms with van der Waals surface area (Å²) >= 11 is 0. The quantitative estimate of drug-likeness (QED) is 0.575. The molecule has 1 fully saturated rings. The number of likely N-dealkylation sites (tertiary alicyclic amines) is 1. The van der Waals surface area contributed by atoms with Crippen LogP contribution in [0.3, 0.4) is 0 Å². The van der Waals surface area contributed by atoms with E-state index in [-0.39, 0.29) is 35.4 Å². The first kappa shape index (κ1) is 23.5. The van der Waals surface area contributed by atoms with Crippen molar-refractivity contribution < 1.29 is 14.0 Å². The molecule has 4 rings (SSSR count). The summed E-state index contributed by atoms with van der Waals surface area (Å²) in [6, 6.07) is 13.6. The fourth-order valence-electron chi connectivity index (χ4n) is 4.48. The van der Waals surface area contributed by atoms with E-state index in [1.165, 1.54) is 11.8 Å². The lowest BCUT2D eigenvalue weighted by Gasteiger charge is -2.33. The van der Waals surface area contributed by atoms with Gasteiger partial charge in [-0.05, 0) is 36.5 Å². The van der Waals surface area contributed by atoms with Crippen molar-refractivity contribution in [2.75, 3.05) is 13.1 Å². The van der Waals surface area contributed by atoms with Crippen LogP contribution in [0.5, 0.6) is 0 Å². The lowest BCUT2D eigenvalue weighted by Crippen LogP contribution is -2.42. The number of nitrogens with zero attached hydrogens (tertiary/aromatic N) is 2. The maximum atomic E-state index is 13.5. The highest BCUT2D eigenvalue weighted by molar-refractivity contribution is 5.99. The lowest BCUT2D eigenvalue weighted by molar-refractivity contribution is 0.0704. The largest absolute Gasteiger partial charge is 0.467 e. The van der Waals surface area contributed by atoms with Gasteiger partial charge in [-0.2, -0.15) is 0 Å². The monoisotopic (exact) mass is 461 g/mol. The summed E-state index contributed by atoms with van der Waals surface area (Å²) in [5.74, 6) is 0.264. The molecule has 1 aliphatic heterocycles. The molecule has 3 aromatic rings. The van der Waals surface area contributed by atoms with Gasteiger partial charge in [-0.3, -0.25) is 14.4 Å². The Bertz CT molecular complexity index is 1180. The predicted molar refractivity (Wildman–Crippen MR) is 130 cm³/mol. The lowest BCUT2D eigenvalue weighted by atomic mass is 9.90. The van der Waals surface area contributed by atoms with Crippen molar-refractivity contribution in [2.45, 2.75) is 45.7 Å². The second-order valence-corrected chi connectivity index (χ2v) is 9.27. The van der Waals surface area contributed by atoms with Crippen LogP contribution in [0, 0.1) is 5.92 Å². The standard InChI is InChI=1S/C27H31N3O4/c1-19(2)15-29-17-23(26(32)28-14-22-11-7-13-34-22)25(31)24(18-29)27(33)30-12-6-10-21(16-30)20-8-4-3-5-9-20/h3-5,7-9,11,13,17-19,21H,6,10,12,14-16H2,1-2H3,(H,28,32)/t21-/m0/s1. The fourth-order valence-corrected chi connectivity index (χ4v) is 4.48. The zero-order valence-corrected chi connectivity index (χ0v) is 19.7. The molecule has 1 saturated heterocycles. The van der Waals surface area contributed by atoms with Crippen LogP contribution in [-0.2, 0) is 13.1 Å². The summed E-state index contributed by atoms with van der Waals surface area (Å²) in [4.78, 5) is 41.5. The summed E-state index contributed by atoms with van der Waals surface area (Å²) in [5, 5.41) is 2.73. The highest BCUT2D eigenvalue weighted by atomic mass is 16.3. The van der Waals surface area contributed by atoms with Crippen molar-refractivity contribution >= 4 is 11.8 Å². The molecule has 2 amide bonds. The highest BCUT2D eigenvalue weighted by Gasteiger charge is 2.28. The maximum absolute atomic E-state index is 13.5. The number of piperidine rings is 1. The number of nitrogens with one attached hydrogen (secondary N) is 1. The van der Waals surface area contributed by atoms with Crippen LogP contribution in [0.1, 0.15) is 64.6 Å². The summed E-state index contributed by atoms with van der Waals surface area (Å²) in [5.41, 5.74) is 0.668. The van der Waals surface area contributed by atoms with E-state index in [4.69, 9.17) is 4.42 Å². The fraction of sp³-hybridized carbons (Fsp3) is 0.370. The van der Waals surface area contributed by atoms with Crippen molar-refractivity contribution in [1.82, 2.24) is 14.8 Å². The molecule has 7 nitrogen and oxygen atoms in total. The van der Waals surface area contributed by atoms with Crippen LogP contribution >= 0.6 is 0 Å². The molecule has 0 unspecified atom stereocenters. The van der Waals surface area contributed by atoms with Crippen molar-refractivity contribution in [2.24, 2.45) is 5.92 Å². The van der Waals surface area contributed by atoms with E-state index in [2.05, 4.69) is 17.4 Å². The Hall–Kier alpha value is -3.61. The van der Waals surface area contributed by atoms with E-state index in [0.717, 1.165) is 12.8 Å². The summed E-state index contributed by atoms with van der Waals surface area (Å²) in [6.45, 7) is 6.00. The van der Waals surface area contributed by atoms with E-state index in [1.54, 1.807) is 34.0 Å². The van der Waals surface area contributed by atoms with Gasteiger partial charge >= 0.3 is 0 Å². The normalized spacial score (nSPS) is 16.0. The Morgan fingerprint density at radius 1 is 1.09 bits per heavy atom. The number of amides is 2. The average molecular weight is 462 g/mol. The summed E-state index contributed by atoms with van der Waals surface area (Å²) in [6.07, 6.45) is 6.53. The molecule has 7 heteroatoms. The molecular weight excluding hydrogens is 430 g/mol. The zero-order valence-electron chi connectivity index (χ0n) is 19.7. The number of carbonyl (C=O) groups is 2. The first-order chi connectivity index (χ1) is 16.4. The summed E-state index contributed by atoms with van der Waals surface area (Å²) < 4.78 is 7.03. The smallest absolute Gasteiger partial charge is 0.259 e. The van der Waals surface area contributed by atoms with E-state index in [1.807, 2.05) is 32.0 Å². The van der Waals surface area contributed by atoms with Gasteiger partial charge in [-0.15, -0.1) is 0 Å². The minimum atomic E-state index is -0.538. The molecule has 3 heterocycles. The van der Waals surface area contributed by atoms with E-state index < -0.39 is 11.3 Å². The second kappa shape index (κ2) is 10.5. The maximum Gasteiger partial charge on any atom is 0.259 e. The van der Waals surface area contributed by atoms with Gasteiger partial charge in [0, 0.05) is 37.9 Å². The van der Waals surface area contributed by atoms with E-state index >= 15 is 0 Å². The topological polar surface area (TPSA) is 84.5 Å². The molecule has 1 atom stereocenters. The number of pyridine rings is 1. The Kier molecular flexibility index (Phi) is 7.30. The predicted octanol–water partition coefficient (Wildman–Crippen LogP) is 4.05. The minimum Gasteiger partial charge on any atom is -0.467 e. The van der Waals surface area contributed by atoms with Crippen LogP contribution in [-0.4, -0.2) is 34.4 Å². The van der Waals surface area contributed by atoms with Gasteiger partial charge < -0.3 is 19.2 Å². The number of furan rings is 1. The van der Waals surface area contributed by atoms with Crippen LogP contribution in [0.2, 0.25) is 0 Å². The van der Waals surface area contributed by atoms with Crippen LogP contribution in [0.25, 0.3) is 0 Å².